The zero-order valence-electron chi connectivity index (χ0n) is 15.0. The SMILES string of the molecule is COC[C@H](C)NS(=O)(=O)c1ccc(C(=O)O[C@H](C)C(=O)N(C)C)cc1. The largest absolute Gasteiger partial charge is 0.449 e. The van der Waals surface area contributed by atoms with E-state index in [9.17, 15) is 18.0 Å². The highest BCUT2D eigenvalue weighted by Gasteiger charge is 2.21. The minimum atomic E-state index is -3.71. The first-order valence-electron chi connectivity index (χ1n) is 7.62. The Morgan fingerprint density at radius 3 is 2.20 bits per heavy atom. The van der Waals surface area contributed by atoms with Crippen molar-refractivity contribution in [2.24, 2.45) is 0 Å². The average Bonchev–Trinajstić information content (AvgIpc) is 2.53. The lowest BCUT2D eigenvalue weighted by atomic mass is 10.2. The molecule has 140 valence electrons. The van der Waals surface area contributed by atoms with Crippen molar-refractivity contribution in [1.29, 1.82) is 0 Å². The van der Waals surface area contributed by atoms with Gasteiger partial charge in [-0.3, -0.25) is 4.79 Å². The molecule has 0 bridgehead atoms. The van der Waals surface area contributed by atoms with Gasteiger partial charge in [0.05, 0.1) is 17.1 Å². The summed E-state index contributed by atoms with van der Waals surface area (Å²) in [6.07, 6.45) is -0.928. The molecule has 0 saturated carbocycles. The Kier molecular flexibility index (Phi) is 7.53. The van der Waals surface area contributed by atoms with Gasteiger partial charge in [0.1, 0.15) is 0 Å². The molecule has 9 heteroatoms. The summed E-state index contributed by atoms with van der Waals surface area (Å²) in [5.74, 6) is -1.05. The van der Waals surface area contributed by atoms with Crippen molar-refractivity contribution >= 4 is 21.9 Å². The molecule has 25 heavy (non-hydrogen) atoms. The first kappa shape index (κ1) is 21.1. The van der Waals surface area contributed by atoms with E-state index in [0.717, 1.165) is 0 Å². The predicted molar refractivity (Wildman–Crippen MR) is 91.7 cm³/mol. The monoisotopic (exact) mass is 372 g/mol. The number of amides is 1. The van der Waals surface area contributed by atoms with Gasteiger partial charge in [-0.25, -0.2) is 17.9 Å². The molecule has 1 amide bonds. The molecule has 0 heterocycles. The van der Waals surface area contributed by atoms with Crippen molar-refractivity contribution in [3.05, 3.63) is 29.8 Å². The van der Waals surface area contributed by atoms with Crippen LogP contribution in [0.15, 0.2) is 29.2 Å². The molecule has 1 N–H and O–H groups in total. The van der Waals surface area contributed by atoms with Gasteiger partial charge < -0.3 is 14.4 Å². The number of rotatable bonds is 8. The highest BCUT2D eigenvalue weighted by atomic mass is 32.2. The lowest BCUT2D eigenvalue weighted by Crippen LogP contribution is -2.35. The van der Waals surface area contributed by atoms with Crippen LogP contribution in [0.5, 0.6) is 0 Å². The van der Waals surface area contributed by atoms with E-state index >= 15 is 0 Å². The Morgan fingerprint density at radius 2 is 1.72 bits per heavy atom. The van der Waals surface area contributed by atoms with E-state index in [0.29, 0.717) is 0 Å². The van der Waals surface area contributed by atoms with Crippen LogP contribution in [0.3, 0.4) is 0 Å². The number of ether oxygens (including phenoxy) is 2. The average molecular weight is 372 g/mol. The normalized spacial score (nSPS) is 13.8. The molecule has 0 saturated heterocycles. The molecule has 0 aliphatic rings. The number of methoxy groups -OCH3 is 1. The quantitative estimate of drug-likeness (QED) is 0.672. The zero-order valence-corrected chi connectivity index (χ0v) is 15.8. The van der Waals surface area contributed by atoms with Crippen LogP contribution in [0.2, 0.25) is 0 Å². The van der Waals surface area contributed by atoms with Crippen LogP contribution in [0.4, 0.5) is 0 Å². The third-order valence-corrected chi connectivity index (χ3v) is 4.85. The summed E-state index contributed by atoms with van der Waals surface area (Å²) in [5, 5.41) is 0. The van der Waals surface area contributed by atoms with Crippen molar-refractivity contribution in [3.63, 3.8) is 0 Å². The highest BCUT2D eigenvalue weighted by molar-refractivity contribution is 7.89. The summed E-state index contributed by atoms with van der Waals surface area (Å²) in [5.41, 5.74) is 0.155. The lowest BCUT2D eigenvalue weighted by Gasteiger charge is -2.17. The molecular formula is C16H24N2O6S. The number of sulfonamides is 1. The fourth-order valence-corrected chi connectivity index (χ4v) is 3.26. The number of carbonyl (C=O) groups is 2. The molecule has 1 rings (SSSR count). The number of hydrogen-bond donors (Lipinski definition) is 1. The second-order valence-corrected chi connectivity index (χ2v) is 7.50. The first-order valence-corrected chi connectivity index (χ1v) is 9.10. The Morgan fingerprint density at radius 1 is 1.16 bits per heavy atom. The molecule has 0 aliphatic carbocycles. The Bertz CT molecular complexity index is 700. The number of esters is 1. The van der Waals surface area contributed by atoms with E-state index in [1.165, 1.54) is 43.2 Å². The Labute approximate surface area is 148 Å². The number of benzene rings is 1. The Balaban J connectivity index is 2.82. The van der Waals surface area contributed by atoms with Crippen LogP contribution < -0.4 is 4.72 Å². The van der Waals surface area contributed by atoms with E-state index in [-0.39, 0.29) is 23.0 Å². The van der Waals surface area contributed by atoms with Crippen molar-refractivity contribution in [1.82, 2.24) is 9.62 Å². The molecule has 1 aromatic rings. The van der Waals surface area contributed by atoms with E-state index in [1.807, 2.05) is 0 Å². The van der Waals surface area contributed by atoms with E-state index in [1.54, 1.807) is 21.0 Å². The minimum Gasteiger partial charge on any atom is -0.449 e. The predicted octanol–water partition coefficient (Wildman–Crippen LogP) is 0.633. The summed E-state index contributed by atoms with van der Waals surface area (Å²) >= 11 is 0. The summed E-state index contributed by atoms with van der Waals surface area (Å²) in [6.45, 7) is 3.39. The molecule has 0 spiro atoms. The van der Waals surface area contributed by atoms with Gasteiger partial charge in [-0.15, -0.1) is 0 Å². The van der Waals surface area contributed by atoms with Crippen LogP contribution in [0, 0.1) is 0 Å². The van der Waals surface area contributed by atoms with Crippen LogP contribution in [0.1, 0.15) is 24.2 Å². The molecular weight excluding hydrogens is 348 g/mol. The number of nitrogens with one attached hydrogen (secondary N) is 1. The molecule has 8 nitrogen and oxygen atoms in total. The molecule has 0 fully saturated rings. The lowest BCUT2D eigenvalue weighted by molar-refractivity contribution is -0.137. The second kappa shape index (κ2) is 8.93. The van der Waals surface area contributed by atoms with Gasteiger partial charge in [0.25, 0.3) is 5.91 Å². The van der Waals surface area contributed by atoms with Gasteiger partial charge >= 0.3 is 5.97 Å². The molecule has 0 radical (unpaired) electrons. The van der Waals surface area contributed by atoms with Gasteiger partial charge in [0.2, 0.25) is 10.0 Å². The van der Waals surface area contributed by atoms with Crippen molar-refractivity contribution in [2.75, 3.05) is 27.8 Å². The number of hydrogen-bond acceptors (Lipinski definition) is 6. The summed E-state index contributed by atoms with van der Waals surface area (Å²) in [6, 6.07) is 4.89. The first-order chi connectivity index (χ1) is 11.6. The topological polar surface area (TPSA) is 102 Å². The molecule has 1 aromatic carbocycles. The zero-order chi connectivity index (χ0) is 19.2. The van der Waals surface area contributed by atoms with Crippen LogP contribution in [0.25, 0.3) is 0 Å². The van der Waals surface area contributed by atoms with Gasteiger partial charge in [0.15, 0.2) is 6.10 Å². The highest BCUT2D eigenvalue weighted by Crippen LogP contribution is 2.13. The van der Waals surface area contributed by atoms with E-state index in [4.69, 9.17) is 9.47 Å². The fraction of sp³-hybridized carbons (Fsp3) is 0.500. The van der Waals surface area contributed by atoms with Gasteiger partial charge in [-0.1, -0.05) is 0 Å². The molecule has 2 atom stereocenters. The van der Waals surface area contributed by atoms with Gasteiger partial charge in [0, 0.05) is 27.2 Å². The summed E-state index contributed by atoms with van der Waals surface area (Å²) < 4.78 is 36.8. The second-order valence-electron chi connectivity index (χ2n) is 5.78. The van der Waals surface area contributed by atoms with Crippen molar-refractivity contribution in [2.45, 2.75) is 30.9 Å². The third-order valence-electron chi connectivity index (χ3n) is 3.25. The van der Waals surface area contributed by atoms with Crippen molar-refractivity contribution in [3.8, 4) is 0 Å². The van der Waals surface area contributed by atoms with Crippen molar-refractivity contribution < 1.29 is 27.5 Å². The molecule has 0 aliphatic heterocycles. The number of nitrogens with zero attached hydrogens (tertiary/aromatic N) is 1. The summed E-state index contributed by atoms with van der Waals surface area (Å²) in [7, 11) is 0.883. The van der Waals surface area contributed by atoms with Gasteiger partial charge in [-0.05, 0) is 38.1 Å². The maximum absolute atomic E-state index is 12.2. The maximum atomic E-state index is 12.2. The maximum Gasteiger partial charge on any atom is 0.338 e. The standard InChI is InChI=1S/C16H24N2O6S/c1-11(10-23-5)17-25(21,22)14-8-6-13(7-9-14)16(20)24-12(2)15(19)18(3)4/h6-9,11-12,17H,10H2,1-5H3/t11-,12+/m0/s1. The molecule has 0 unspecified atom stereocenters. The smallest absolute Gasteiger partial charge is 0.338 e. The van der Waals surface area contributed by atoms with Crippen LogP contribution in [-0.2, 0) is 24.3 Å². The van der Waals surface area contributed by atoms with E-state index < -0.39 is 28.1 Å². The number of carbonyl (C=O) groups excluding carboxylic acids is 2. The summed E-state index contributed by atoms with van der Waals surface area (Å²) in [4.78, 5) is 25.1. The van der Waals surface area contributed by atoms with Gasteiger partial charge in [-0.2, -0.15) is 0 Å². The number of likely N-dealkylation sites (N-methyl/N-ethyl adjacent to an activating group) is 1. The van der Waals surface area contributed by atoms with Crippen LogP contribution >= 0.6 is 0 Å². The van der Waals surface area contributed by atoms with E-state index in [2.05, 4.69) is 4.72 Å². The molecule has 0 aromatic heterocycles. The van der Waals surface area contributed by atoms with Crippen LogP contribution in [-0.4, -0.2) is 65.2 Å². The minimum absolute atomic E-state index is 0.0180. The third kappa shape index (κ3) is 6.11. The fourth-order valence-electron chi connectivity index (χ4n) is 2.03. The Hall–Kier alpha value is -1.97.